The first kappa shape index (κ1) is 19.4. The van der Waals surface area contributed by atoms with Crippen LogP contribution in [0.2, 0.25) is 5.15 Å². The summed E-state index contributed by atoms with van der Waals surface area (Å²) >= 11 is 6.16. The molecule has 11 heteroatoms. The molecule has 0 aliphatic carbocycles. The second-order valence-corrected chi connectivity index (χ2v) is 6.98. The second-order valence-electron chi connectivity index (χ2n) is 6.60. The molecule has 0 aliphatic heterocycles. The van der Waals surface area contributed by atoms with Crippen LogP contribution in [0.4, 0.5) is 11.6 Å². The number of nitrogen functional groups attached to an aromatic ring is 1. The van der Waals surface area contributed by atoms with Gasteiger partial charge in [-0.1, -0.05) is 11.6 Å². The Morgan fingerprint density at radius 2 is 1.97 bits per heavy atom. The summed E-state index contributed by atoms with van der Waals surface area (Å²) < 4.78 is 1.42. The summed E-state index contributed by atoms with van der Waals surface area (Å²) in [6.45, 7) is 1.48. The Hall–Kier alpha value is -3.94. The van der Waals surface area contributed by atoms with Crippen LogP contribution in [0.1, 0.15) is 18.1 Å². The van der Waals surface area contributed by atoms with E-state index in [0.29, 0.717) is 27.6 Å². The van der Waals surface area contributed by atoms with Crippen molar-refractivity contribution in [2.75, 3.05) is 11.1 Å². The molecule has 3 aromatic heterocycles. The number of fused-ring (bicyclic) bond motifs is 1. The quantitative estimate of drug-likeness (QED) is 0.362. The summed E-state index contributed by atoms with van der Waals surface area (Å²) in [6.07, 6.45) is 2.63. The van der Waals surface area contributed by atoms with E-state index in [0.717, 1.165) is 0 Å². The molecule has 3 heterocycles. The van der Waals surface area contributed by atoms with E-state index < -0.39 is 5.72 Å². The number of imidazole rings is 1. The third-order valence-corrected chi connectivity index (χ3v) is 4.72. The van der Waals surface area contributed by atoms with Crippen LogP contribution in [0.15, 0.2) is 42.9 Å². The molecule has 10 nitrogen and oxygen atoms in total. The number of aromatic nitrogens is 5. The van der Waals surface area contributed by atoms with E-state index in [-0.39, 0.29) is 22.9 Å². The molecule has 0 spiro atoms. The Labute approximate surface area is 175 Å². The number of phenols is 1. The molecule has 0 radical (unpaired) electrons. The number of rotatable bonds is 4. The average Bonchev–Trinajstić information content (AvgIpc) is 3.08. The van der Waals surface area contributed by atoms with Crippen molar-refractivity contribution in [1.82, 2.24) is 24.6 Å². The number of anilines is 2. The summed E-state index contributed by atoms with van der Waals surface area (Å²) in [7, 11) is 0. The third kappa shape index (κ3) is 3.32. The number of benzene rings is 1. The molecular formula is C19H15ClN8O2. The topological polar surface area (TPSA) is 158 Å². The van der Waals surface area contributed by atoms with Crippen molar-refractivity contribution in [1.29, 1.82) is 5.26 Å². The number of aromatic hydroxyl groups is 1. The van der Waals surface area contributed by atoms with Gasteiger partial charge < -0.3 is 21.3 Å². The molecule has 5 N–H and O–H groups in total. The van der Waals surface area contributed by atoms with E-state index >= 15 is 0 Å². The first-order valence-electron chi connectivity index (χ1n) is 8.65. The Bertz CT molecular complexity index is 1290. The van der Waals surface area contributed by atoms with Gasteiger partial charge in [-0.25, -0.2) is 19.5 Å². The molecule has 0 bridgehead atoms. The highest BCUT2D eigenvalue weighted by Crippen LogP contribution is 2.34. The lowest BCUT2D eigenvalue weighted by Crippen LogP contribution is -2.33. The number of phenolic OH excluding ortho intramolecular Hbond substituents is 1. The molecule has 0 saturated heterocycles. The standard InChI is InChI=1S/C19H15ClN8O2/c1-19(30,26-18-12(7-21)17(22)24-9-25-18)13-6-15-23-8-14(20)28(15)27-16(13)10-2-4-11(29)5-3-10/h2-6,8-9,29-30H,1H3,(H3,22,24,25,26)/t19-/m1/s1. The zero-order valence-electron chi connectivity index (χ0n) is 15.6. The minimum absolute atomic E-state index is 0.00171. The number of halogens is 1. The van der Waals surface area contributed by atoms with Crippen molar-refractivity contribution in [2.45, 2.75) is 12.6 Å². The zero-order valence-corrected chi connectivity index (χ0v) is 16.3. The van der Waals surface area contributed by atoms with Crippen LogP contribution in [-0.4, -0.2) is 34.8 Å². The van der Waals surface area contributed by atoms with Crippen molar-refractivity contribution in [3.8, 4) is 23.1 Å². The van der Waals surface area contributed by atoms with Crippen LogP contribution in [0.5, 0.6) is 5.75 Å². The maximum absolute atomic E-state index is 11.3. The molecule has 0 unspecified atom stereocenters. The third-order valence-electron chi connectivity index (χ3n) is 4.47. The van der Waals surface area contributed by atoms with Gasteiger partial charge in [0.15, 0.2) is 22.3 Å². The molecule has 0 fully saturated rings. The molecule has 4 rings (SSSR count). The average molecular weight is 423 g/mol. The van der Waals surface area contributed by atoms with Crippen LogP contribution >= 0.6 is 11.6 Å². The normalized spacial score (nSPS) is 13.0. The minimum atomic E-state index is -1.74. The maximum atomic E-state index is 11.3. The lowest BCUT2D eigenvalue weighted by molar-refractivity contribution is 0.0885. The lowest BCUT2D eigenvalue weighted by atomic mass is 9.98. The van der Waals surface area contributed by atoms with E-state index in [1.54, 1.807) is 18.2 Å². The number of nitrogens with two attached hydrogens (primary N) is 1. The number of nitrogens with zero attached hydrogens (tertiary/aromatic N) is 6. The highest BCUT2D eigenvalue weighted by Gasteiger charge is 2.30. The molecule has 1 atom stereocenters. The Morgan fingerprint density at radius 3 is 2.67 bits per heavy atom. The number of nitriles is 1. The van der Waals surface area contributed by atoms with E-state index in [2.05, 4.69) is 25.4 Å². The van der Waals surface area contributed by atoms with Crippen LogP contribution in [-0.2, 0) is 5.72 Å². The van der Waals surface area contributed by atoms with E-state index in [1.807, 2.05) is 6.07 Å². The van der Waals surface area contributed by atoms with Gasteiger partial charge in [0.2, 0.25) is 0 Å². The van der Waals surface area contributed by atoms with E-state index in [9.17, 15) is 15.5 Å². The van der Waals surface area contributed by atoms with E-state index in [4.69, 9.17) is 17.3 Å². The van der Waals surface area contributed by atoms with Crippen molar-refractivity contribution in [3.63, 3.8) is 0 Å². The number of nitrogens with one attached hydrogen (secondary N) is 1. The lowest BCUT2D eigenvalue weighted by Gasteiger charge is -2.28. The van der Waals surface area contributed by atoms with Gasteiger partial charge in [0.25, 0.3) is 0 Å². The monoisotopic (exact) mass is 422 g/mol. The fraction of sp³-hybridized carbons (Fsp3) is 0.105. The first-order valence-corrected chi connectivity index (χ1v) is 9.03. The van der Waals surface area contributed by atoms with Crippen molar-refractivity contribution in [3.05, 3.63) is 59.1 Å². The highest BCUT2D eigenvalue weighted by molar-refractivity contribution is 6.29. The fourth-order valence-electron chi connectivity index (χ4n) is 2.99. The minimum Gasteiger partial charge on any atom is -0.508 e. The van der Waals surface area contributed by atoms with Gasteiger partial charge in [0.1, 0.15) is 29.5 Å². The number of hydrogen-bond acceptors (Lipinski definition) is 9. The molecule has 1 aromatic carbocycles. The van der Waals surface area contributed by atoms with E-state index in [1.165, 1.54) is 36.1 Å². The van der Waals surface area contributed by atoms with Crippen molar-refractivity contribution in [2.24, 2.45) is 0 Å². The zero-order chi connectivity index (χ0) is 21.5. The summed E-state index contributed by atoms with van der Waals surface area (Å²) in [5, 5.41) is 38.0. The van der Waals surface area contributed by atoms with Crippen LogP contribution < -0.4 is 11.1 Å². The molecule has 4 aromatic rings. The van der Waals surface area contributed by atoms with Gasteiger partial charge in [-0.2, -0.15) is 10.4 Å². The van der Waals surface area contributed by atoms with Crippen LogP contribution in [0.3, 0.4) is 0 Å². The maximum Gasteiger partial charge on any atom is 0.162 e. The summed E-state index contributed by atoms with van der Waals surface area (Å²) in [4.78, 5) is 12.0. The molecule has 150 valence electrons. The molecule has 30 heavy (non-hydrogen) atoms. The largest absolute Gasteiger partial charge is 0.508 e. The molecule has 0 saturated carbocycles. The number of aliphatic hydroxyl groups is 1. The van der Waals surface area contributed by atoms with Crippen LogP contribution in [0.25, 0.3) is 16.9 Å². The molecule has 0 aliphatic rings. The van der Waals surface area contributed by atoms with Crippen LogP contribution in [0, 0.1) is 11.3 Å². The smallest absolute Gasteiger partial charge is 0.162 e. The SMILES string of the molecule is C[C@](O)(Nc1ncnc(N)c1C#N)c1cc2ncc(Cl)n2nc1-c1ccc(O)cc1. The van der Waals surface area contributed by atoms with Gasteiger partial charge >= 0.3 is 0 Å². The summed E-state index contributed by atoms with van der Waals surface area (Å²) in [5.41, 5.74) is 5.73. The Morgan fingerprint density at radius 1 is 1.23 bits per heavy atom. The number of hydrogen-bond donors (Lipinski definition) is 4. The Balaban J connectivity index is 1.90. The fourth-order valence-corrected chi connectivity index (χ4v) is 3.17. The van der Waals surface area contributed by atoms with Crippen molar-refractivity contribution < 1.29 is 10.2 Å². The predicted molar refractivity (Wildman–Crippen MR) is 109 cm³/mol. The summed E-state index contributed by atoms with van der Waals surface area (Å²) in [5.74, 6) is 0.133. The van der Waals surface area contributed by atoms with Gasteiger partial charge in [-0.3, -0.25) is 0 Å². The second kappa shape index (κ2) is 7.14. The molecule has 0 amide bonds. The summed E-state index contributed by atoms with van der Waals surface area (Å²) in [6, 6.07) is 9.84. The van der Waals surface area contributed by atoms with Gasteiger partial charge in [-0.15, -0.1) is 0 Å². The van der Waals surface area contributed by atoms with Gasteiger partial charge in [0.05, 0.1) is 11.9 Å². The van der Waals surface area contributed by atoms with Gasteiger partial charge in [-0.05, 0) is 37.3 Å². The van der Waals surface area contributed by atoms with Crippen molar-refractivity contribution >= 4 is 28.9 Å². The molecular weight excluding hydrogens is 408 g/mol. The predicted octanol–water partition coefficient (Wildman–Crippen LogP) is 2.28. The highest BCUT2D eigenvalue weighted by atomic mass is 35.5. The first-order chi connectivity index (χ1) is 14.3. The van der Waals surface area contributed by atoms with Gasteiger partial charge in [0, 0.05) is 11.1 Å². The Kier molecular flexibility index (Phi) is 4.62.